The summed E-state index contributed by atoms with van der Waals surface area (Å²) < 4.78 is 18.0. The quantitative estimate of drug-likeness (QED) is 0.534. The first-order valence-electron chi connectivity index (χ1n) is 6.63. The summed E-state index contributed by atoms with van der Waals surface area (Å²) in [5.41, 5.74) is 1.70. The molecule has 0 aliphatic rings. The lowest BCUT2D eigenvalue weighted by molar-refractivity contribution is -0.142. The topological polar surface area (TPSA) is 78.8 Å². The fourth-order valence-electron chi connectivity index (χ4n) is 1.82. The van der Waals surface area contributed by atoms with E-state index in [1.807, 2.05) is 6.07 Å². The molecule has 1 aromatic carbocycles. The highest BCUT2D eigenvalue weighted by atomic mass is 19.1. The highest BCUT2D eigenvalue weighted by Gasteiger charge is 2.14. The van der Waals surface area contributed by atoms with Crippen molar-refractivity contribution < 1.29 is 13.9 Å². The molecule has 112 valence electrons. The summed E-state index contributed by atoms with van der Waals surface area (Å²) in [7, 11) is 0. The van der Waals surface area contributed by atoms with Crippen molar-refractivity contribution in [1.29, 1.82) is 5.26 Å². The molecule has 0 aliphatic carbocycles. The second-order valence-corrected chi connectivity index (χ2v) is 4.83. The van der Waals surface area contributed by atoms with E-state index in [2.05, 4.69) is 10.2 Å². The SMILES string of the molecule is CC(C)OC(=O)/C(C#N)=C\c1cn[nH]c1-c1ccc(F)cc1. The summed E-state index contributed by atoms with van der Waals surface area (Å²) in [5, 5.41) is 15.8. The standard InChI is InChI=1S/C16H14FN3O2/c1-10(2)22-16(21)12(8-18)7-13-9-19-20-15(13)11-3-5-14(17)6-4-11/h3-7,9-10H,1-2H3,(H,19,20)/b12-7-. The molecule has 0 fully saturated rings. The largest absolute Gasteiger partial charge is 0.459 e. The van der Waals surface area contributed by atoms with E-state index in [0.717, 1.165) is 0 Å². The zero-order valence-electron chi connectivity index (χ0n) is 12.1. The minimum absolute atomic E-state index is 0.126. The summed E-state index contributed by atoms with van der Waals surface area (Å²) in [6, 6.07) is 7.62. The summed E-state index contributed by atoms with van der Waals surface area (Å²) in [6.45, 7) is 3.41. The number of nitriles is 1. The van der Waals surface area contributed by atoms with E-state index in [1.165, 1.54) is 24.4 Å². The van der Waals surface area contributed by atoms with Crippen molar-refractivity contribution in [2.24, 2.45) is 0 Å². The summed E-state index contributed by atoms with van der Waals surface area (Å²) in [5.74, 6) is -1.04. The van der Waals surface area contributed by atoms with Crippen LogP contribution in [0.15, 0.2) is 36.0 Å². The Hall–Kier alpha value is -2.94. The van der Waals surface area contributed by atoms with Crippen molar-refractivity contribution >= 4 is 12.0 Å². The zero-order valence-corrected chi connectivity index (χ0v) is 12.1. The number of aromatic nitrogens is 2. The molecule has 0 aliphatic heterocycles. The van der Waals surface area contributed by atoms with Crippen LogP contribution in [0.5, 0.6) is 0 Å². The molecule has 0 unspecified atom stereocenters. The number of carbonyl (C=O) groups is 1. The molecule has 0 saturated carbocycles. The van der Waals surface area contributed by atoms with Gasteiger partial charge in [-0.3, -0.25) is 5.10 Å². The molecule has 0 radical (unpaired) electrons. The van der Waals surface area contributed by atoms with E-state index in [-0.39, 0.29) is 17.5 Å². The number of nitrogens with one attached hydrogen (secondary N) is 1. The third-order valence-corrected chi connectivity index (χ3v) is 2.78. The summed E-state index contributed by atoms with van der Waals surface area (Å²) in [6.07, 6.45) is 2.57. The molecule has 0 bridgehead atoms. The minimum Gasteiger partial charge on any atom is -0.459 e. The van der Waals surface area contributed by atoms with Crippen LogP contribution < -0.4 is 0 Å². The van der Waals surface area contributed by atoms with Gasteiger partial charge >= 0.3 is 5.97 Å². The van der Waals surface area contributed by atoms with Gasteiger partial charge in [0.25, 0.3) is 0 Å². The third-order valence-electron chi connectivity index (χ3n) is 2.78. The molecule has 6 heteroatoms. The van der Waals surface area contributed by atoms with Crippen molar-refractivity contribution in [2.75, 3.05) is 0 Å². The molecule has 0 spiro atoms. The Bertz CT molecular complexity index is 739. The van der Waals surface area contributed by atoms with Crippen LogP contribution in [0.3, 0.4) is 0 Å². The number of hydrogen-bond acceptors (Lipinski definition) is 4. The second-order valence-electron chi connectivity index (χ2n) is 4.83. The van der Waals surface area contributed by atoms with E-state index < -0.39 is 5.97 Å². The highest BCUT2D eigenvalue weighted by Crippen LogP contribution is 2.23. The van der Waals surface area contributed by atoms with Gasteiger partial charge in [-0.2, -0.15) is 10.4 Å². The molecule has 0 atom stereocenters. The number of benzene rings is 1. The van der Waals surface area contributed by atoms with Gasteiger partial charge in [0, 0.05) is 11.1 Å². The van der Waals surface area contributed by atoms with Gasteiger partial charge < -0.3 is 4.74 Å². The fourth-order valence-corrected chi connectivity index (χ4v) is 1.82. The molecular formula is C16H14FN3O2. The van der Waals surface area contributed by atoms with Crippen LogP contribution in [0, 0.1) is 17.1 Å². The second kappa shape index (κ2) is 6.68. The van der Waals surface area contributed by atoms with Crippen LogP contribution in [0.25, 0.3) is 17.3 Å². The maximum absolute atomic E-state index is 13.0. The lowest BCUT2D eigenvalue weighted by Gasteiger charge is -2.06. The molecule has 0 saturated heterocycles. The van der Waals surface area contributed by atoms with Gasteiger partial charge in [-0.15, -0.1) is 0 Å². The number of rotatable bonds is 4. The first-order valence-corrected chi connectivity index (χ1v) is 6.63. The number of ether oxygens (including phenoxy) is 1. The fraction of sp³-hybridized carbons (Fsp3) is 0.188. The van der Waals surface area contributed by atoms with Crippen molar-refractivity contribution in [3.8, 4) is 17.3 Å². The Morgan fingerprint density at radius 3 is 2.68 bits per heavy atom. The smallest absolute Gasteiger partial charge is 0.349 e. The Labute approximate surface area is 127 Å². The van der Waals surface area contributed by atoms with Crippen molar-refractivity contribution in [3.05, 3.63) is 47.4 Å². The molecule has 2 aromatic rings. The predicted octanol–water partition coefficient (Wildman–Crippen LogP) is 3.07. The van der Waals surface area contributed by atoms with Crippen molar-refractivity contribution in [2.45, 2.75) is 20.0 Å². The lowest BCUT2D eigenvalue weighted by atomic mass is 10.1. The number of nitrogens with zero attached hydrogens (tertiary/aromatic N) is 2. The maximum Gasteiger partial charge on any atom is 0.349 e. The Kier molecular flexibility index (Phi) is 4.69. The van der Waals surface area contributed by atoms with Crippen LogP contribution in [0.2, 0.25) is 0 Å². The molecule has 5 nitrogen and oxygen atoms in total. The van der Waals surface area contributed by atoms with Crippen LogP contribution >= 0.6 is 0 Å². The number of carbonyl (C=O) groups excluding carboxylic acids is 1. The molecule has 1 aromatic heterocycles. The van der Waals surface area contributed by atoms with E-state index >= 15 is 0 Å². The van der Waals surface area contributed by atoms with Gasteiger partial charge in [0.2, 0.25) is 0 Å². The molecule has 0 amide bonds. The first kappa shape index (κ1) is 15.4. The molecule has 1 heterocycles. The summed E-state index contributed by atoms with van der Waals surface area (Å²) >= 11 is 0. The normalized spacial score (nSPS) is 11.3. The minimum atomic E-state index is -0.691. The number of esters is 1. The zero-order chi connectivity index (χ0) is 16.1. The third kappa shape index (κ3) is 3.58. The molecule has 1 N–H and O–H groups in total. The van der Waals surface area contributed by atoms with Crippen molar-refractivity contribution in [1.82, 2.24) is 10.2 Å². The lowest BCUT2D eigenvalue weighted by Crippen LogP contribution is -2.12. The van der Waals surface area contributed by atoms with Gasteiger partial charge in [0.1, 0.15) is 17.5 Å². The maximum atomic E-state index is 13.0. The summed E-state index contributed by atoms with van der Waals surface area (Å²) in [4.78, 5) is 11.8. The Morgan fingerprint density at radius 2 is 2.09 bits per heavy atom. The number of hydrogen-bond donors (Lipinski definition) is 1. The number of H-pyrrole nitrogens is 1. The van der Waals surface area contributed by atoms with Crippen molar-refractivity contribution in [3.63, 3.8) is 0 Å². The van der Waals surface area contributed by atoms with Gasteiger partial charge in [-0.05, 0) is 44.2 Å². The molecular weight excluding hydrogens is 285 g/mol. The van der Waals surface area contributed by atoms with Gasteiger partial charge in [-0.1, -0.05) is 0 Å². The van der Waals surface area contributed by atoms with Crippen LogP contribution in [-0.2, 0) is 9.53 Å². The highest BCUT2D eigenvalue weighted by molar-refractivity contribution is 5.98. The monoisotopic (exact) mass is 299 g/mol. The van der Waals surface area contributed by atoms with Crippen LogP contribution in [0.1, 0.15) is 19.4 Å². The van der Waals surface area contributed by atoms with E-state index in [4.69, 9.17) is 10.00 Å². The van der Waals surface area contributed by atoms with E-state index in [9.17, 15) is 9.18 Å². The average molecular weight is 299 g/mol. The molecule has 2 rings (SSSR count). The number of halogens is 1. The Balaban J connectivity index is 2.36. The van der Waals surface area contributed by atoms with E-state index in [1.54, 1.807) is 26.0 Å². The van der Waals surface area contributed by atoms with Crippen LogP contribution in [-0.4, -0.2) is 22.3 Å². The first-order chi connectivity index (χ1) is 10.5. The Morgan fingerprint density at radius 1 is 1.41 bits per heavy atom. The average Bonchev–Trinajstić information content (AvgIpc) is 2.92. The van der Waals surface area contributed by atoms with Crippen LogP contribution in [0.4, 0.5) is 4.39 Å². The van der Waals surface area contributed by atoms with Gasteiger partial charge in [0.05, 0.1) is 18.0 Å². The molecule has 22 heavy (non-hydrogen) atoms. The predicted molar refractivity (Wildman–Crippen MR) is 78.8 cm³/mol. The number of aromatic amines is 1. The van der Waals surface area contributed by atoms with Gasteiger partial charge in [-0.25, -0.2) is 9.18 Å². The van der Waals surface area contributed by atoms with Gasteiger partial charge in [0.15, 0.2) is 0 Å². The van der Waals surface area contributed by atoms with E-state index in [0.29, 0.717) is 16.8 Å².